The Bertz CT molecular complexity index is 388. The van der Waals surface area contributed by atoms with E-state index in [1.54, 1.807) is 6.26 Å². The number of nitrogens with zero attached hydrogens (tertiary/aromatic N) is 1. The first-order chi connectivity index (χ1) is 7.35. The highest BCUT2D eigenvalue weighted by atomic mass is 16.3. The second-order valence-corrected chi connectivity index (χ2v) is 4.38. The summed E-state index contributed by atoms with van der Waals surface area (Å²) >= 11 is 0. The SMILES string of the molecule is NCC1CC2CC2N1c1ccoc1C=O. The van der Waals surface area contributed by atoms with Crippen molar-refractivity contribution < 1.29 is 9.21 Å². The van der Waals surface area contributed by atoms with Gasteiger partial charge in [-0.05, 0) is 18.8 Å². The van der Waals surface area contributed by atoms with Crippen LogP contribution in [0.4, 0.5) is 5.69 Å². The molecular weight excluding hydrogens is 192 g/mol. The van der Waals surface area contributed by atoms with Gasteiger partial charge < -0.3 is 15.1 Å². The fourth-order valence-electron chi connectivity index (χ4n) is 2.76. The van der Waals surface area contributed by atoms with Crippen molar-refractivity contribution in [3.8, 4) is 0 Å². The molecule has 15 heavy (non-hydrogen) atoms. The van der Waals surface area contributed by atoms with Gasteiger partial charge in [0.15, 0.2) is 12.0 Å². The third kappa shape index (κ3) is 1.21. The molecule has 0 aromatic carbocycles. The first kappa shape index (κ1) is 8.97. The van der Waals surface area contributed by atoms with Crippen LogP contribution in [0.5, 0.6) is 0 Å². The van der Waals surface area contributed by atoms with Gasteiger partial charge in [-0.2, -0.15) is 0 Å². The molecule has 0 spiro atoms. The van der Waals surface area contributed by atoms with Crippen LogP contribution in [0.2, 0.25) is 0 Å². The van der Waals surface area contributed by atoms with Gasteiger partial charge in [0.25, 0.3) is 0 Å². The molecule has 1 saturated heterocycles. The van der Waals surface area contributed by atoms with E-state index in [2.05, 4.69) is 4.90 Å². The molecular formula is C11H14N2O2. The summed E-state index contributed by atoms with van der Waals surface area (Å²) < 4.78 is 5.14. The molecule has 1 aromatic rings. The summed E-state index contributed by atoms with van der Waals surface area (Å²) in [6.45, 7) is 0.649. The third-order valence-electron chi connectivity index (χ3n) is 3.54. The van der Waals surface area contributed by atoms with Gasteiger partial charge in [-0.3, -0.25) is 4.79 Å². The van der Waals surface area contributed by atoms with E-state index in [0.717, 1.165) is 24.3 Å². The molecule has 2 aliphatic rings. The molecule has 4 nitrogen and oxygen atoms in total. The molecule has 3 atom stereocenters. The van der Waals surface area contributed by atoms with E-state index in [0.29, 0.717) is 24.4 Å². The fraction of sp³-hybridized carbons (Fsp3) is 0.545. The maximum absolute atomic E-state index is 10.8. The van der Waals surface area contributed by atoms with Crippen LogP contribution in [-0.2, 0) is 0 Å². The molecule has 1 aromatic heterocycles. The zero-order valence-corrected chi connectivity index (χ0v) is 8.43. The van der Waals surface area contributed by atoms with Crippen molar-refractivity contribution in [3.63, 3.8) is 0 Å². The van der Waals surface area contributed by atoms with Gasteiger partial charge in [0, 0.05) is 24.7 Å². The highest BCUT2D eigenvalue weighted by Crippen LogP contribution is 2.50. The molecule has 0 radical (unpaired) electrons. The highest BCUT2D eigenvalue weighted by Gasteiger charge is 2.52. The monoisotopic (exact) mass is 206 g/mol. The number of anilines is 1. The van der Waals surface area contributed by atoms with Gasteiger partial charge in [-0.15, -0.1) is 0 Å². The van der Waals surface area contributed by atoms with Crippen LogP contribution in [0.3, 0.4) is 0 Å². The molecule has 80 valence electrons. The van der Waals surface area contributed by atoms with E-state index >= 15 is 0 Å². The van der Waals surface area contributed by atoms with Crippen molar-refractivity contribution in [2.24, 2.45) is 11.7 Å². The lowest BCUT2D eigenvalue weighted by Gasteiger charge is -2.27. The first-order valence-corrected chi connectivity index (χ1v) is 5.36. The second kappa shape index (κ2) is 3.10. The number of carbonyl (C=O) groups excluding carboxylic acids is 1. The molecule has 2 N–H and O–H groups in total. The lowest BCUT2D eigenvalue weighted by molar-refractivity contribution is 0.110. The zero-order chi connectivity index (χ0) is 10.4. The summed E-state index contributed by atoms with van der Waals surface area (Å²) in [4.78, 5) is 13.1. The van der Waals surface area contributed by atoms with Crippen molar-refractivity contribution in [3.05, 3.63) is 18.1 Å². The van der Waals surface area contributed by atoms with Gasteiger partial charge in [0.05, 0.1) is 12.0 Å². The zero-order valence-electron chi connectivity index (χ0n) is 8.43. The van der Waals surface area contributed by atoms with Crippen molar-refractivity contribution in [2.75, 3.05) is 11.4 Å². The Morgan fingerprint density at radius 1 is 1.60 bits per heavy atom. The predicted molar refractivity (Wildman–Crippen MR) is 55.9 cm³/mol. The quantitative estimate of drug-likeness (QED) is 0.750. The van der Waals surface area contributed by atoms with E-state index in [-0.39, 0.29) is 0 Å². The molecule has 4 heteroatoms. The molecule has 3 unspecified atom stereocenters. The number of piperidine rings is 1. The molecule has 1 saturated carbocycles. The van der Waals surface area contributed by atoms with Crippen LogP contribution in [-0.4, -0.2) is 24.9 Å². The van der Waals surface area contributed by atoms with Crippen LogP contribution in [0, 0.1) is 5.92 Å². The van der Waals surface area contributed by atoms with Gasteiger partial charge in [0.2, 0.25) is 0 Å². The summed E-state index contributed by atoms with van der Waals surface area (Å²) in [5.74, 6) is 1.22. The van der Waals surface area contributed by atoms with Crippen LogP contribution in [0.15, 0.2) is 16.7 Å². The number of carbonyl (C=O) groups is 1. The number of furan rings is 1. The largest absolute Gasteiger partial charge is 0.459 e. The number of nitrogens with two attached hydrogens (primary N) is 1. The number of hydrogen-bond donors (Lipinski definition) is 1. The number of aldehydes is 1. The van der Waals surface area contributed by atoms with E-state index in [1.165, 1.54) is 6.42 Å². The van der Waals surface area contributed by atoms with Gasteiger partial charge in [0.1, 0.15) is 0 Å². The Morgan fingerprint density at radius 2 is 2.47 bits per heavy atom. The number of hydrogen-bond acceptors (Lipinski definition) is 4. The average Bonchev–Trinajstić information content (AvgIpc) is 2.75. The Hall–Kier alpha value is -1.29. The molecule has 0 amide bonds. The standard InChI is InChI=1S/C11H14N2O2/c12-5-8-3-7-4-10(7)13(8)9-1-2-15-11(9)6-14/h1-2,6-8,10H,3-5,12H2. The van der Waals surface area contributed by atoms with E-state index in [1.807, 2.05) is 6.07 Å². The van der Waals surface area contributed by atoms with Gasteiger partial charge in [-0.25, -0.2) is 0 Å². The minimum Gasteiger partial charge on any atom is -0.459 e. The third-order valence-corrected chi connectivity index (χ3v) is 3.54. The Labute approximate surface area is 88.0 Å². The fourth-order valence-corrected chi connectivity index (χ4v) is 2.76. The summed E-state index contributed by atoms with van der Waals surface area (Å²) in [5.41, 5.74) is 6.67. The first-order valence-electron chi connectivity index (χ1n) is 5.36. The summed E-state index contributed by atoms with van der Waals surface area (Å²) in [5, 5.41) is 0. The normalized spacial score (nSPS) is 32.9. The number of fused-ring (bicyclic) bond motifs is 1. The lowest BCUT2D eigenvalue weighted by atomic mass is 10.1. The minimum absolute atomic E-state index is 0.380. The summed E-state index contributed by atoms with van der Waals surface area (Å²) in [6, 6.07) is 2.84. The number of rotatable bonds is 3. The maximum atomic E-state index is 10.8. The van der Waals surface area contributed by atoms with Crippen LogP contribution >= 0.6 is 0 Å². The molecule has 2 heterocycles. The predicted octanol–water partition coefficient (Wildman–Crippen LogP) is 1.02. The average molecular weight is 206 g/mol. The summed E-state index contributed by atoms with van der Waals surface area (Å²) in [7, 11) is 0. The molecule has 0 bridgehead atoms. The molecule has 1 aliphatic heterocycles. The van der Waals surface area contributed by atoms with Crippen LogP contribution in [0.1, 0.15) is 23.4 Å². The smallest absolute Gasteiger partial charge is 0.189 e. The molecule has 3 rings (SSSR count). The van der Waals surface area contributed by atoms with Gasteiger partial charge in [-0.1, -0.05) is 0 Å². The Kier molecular flexibility index (Phi) is 1.85. The van der Waals surface area contributed by atoms with E-state index in [4.69, 9.17) is 10.2 Å². The van der Waals surface area contributed by atoms with E-state index in [9.17, 15) is 4.79 Å². The summed E-state index contributed by atoms with van der Waals surface area (Å²) in [6.07, 6.45) is 4.74. The Balaban J connectivity index is 1.95. The van der Waals surface area contributed by atoms with Crippen molar-refractivity contribution >= 4 is 12.0 Å². The molecule has 2 fully saturated rings. The highest BCUT2D eigenvalue weighted by molar-refractivity contribution is 5.81. The van der Waals surface area contributed by atoms with E-state index < -0.39 is 0 Å². The van der Waals surface area contributed by atoms with Crippen LogP contribution < -0.4 is 10.6 Å². The second-order valence-electron chi connectivity index (χ2n) is 4.38. The Morgan fingerprint density at radius 3 is 3.20 bits per heavy atom. The van der Waals surface area contributed by atoms with Crippen molar-refractivity contribution in [1.82, 2.24) is 0 Å². The lowest BCUT2D eigenvalue weighted by Crippen LogP contribution is -2.38. The maximum Gasteiger partial charge on any atom is 0.189 e. The van der Waals surface area contributed by atoms with Crippen LogP contribution in [0.25, 0.3) is 0 Å². The minimum atomic E-state index is 0.380. The topological polar surface area (TPSA) is 59.5 Å². The van der Waals surface area contributed by atoms with Gasteiger partial charge >= 0.3 is 0 Å². The van der Waals surface area contributed by atoms with Crippen molar-refractivity contribution in [1.29, 1.82) is 0 Å². The molecule has 1 aliphatic carbocycles. The van der Waals surface area contributed by atoms with Crippen molar-refractivity contribution in [2.45, 2.75) is 24.9 Å².